The smallest absolute Gasteiger partial charge is 0.193 e. The molecular formula is C23H29N3O3. The Bertz CT molecular complexity index is 875. The predicted octanol–water partition coefficient (Wildman–Crippen LogP) is 4.10. The molecule has 2 aromatic rings. The van der Waals surface area contributed by atoms with E-state index in [4.69, 9.17) is 24.9 Å². The van der Waals surface area contributed by atoms with Crippen LogP contribution in [0.1, 0.15) is 37.7 Å². The average molecular weight is 396 g/mol. The third kappa shape index (κ3) is 4.42. The SMILES string of the molecule is COc1cccc(C2(CN=C(N)Nc3ccc4c(c3)OCCCO4)CCCC2)c1. The van der Waals surface area contributed by atoms with Gasteiger partial charge in [-0.2, -0.15) is 0 Å². The summed E-state index contributed by atoms with van der Waals surface area (Å²) in [5.41, 5.74) is 8.37. The minimum atomic E-state index is 0.0194. The van der Waals surface area contributed by atoms with E-state index in [9.17, 15) is 0 Å². The molecule has 1 fully saturated rings. The first-order valence-corrected chi connectivity index (χ1v) is 10.3. The molecule has 3 N–H and O–H groups in total. The lowest BCUT2D eigenvalue weighted by molar-refractivity contribution is 0.297. The van der Waals surface area contributed by atoms with Crippen molar-refractivity contribution >= 4 is 11.6 Å². The molecule has 4 rings (SSSR count). The number of fused-ring (bicyclic) bond motifs is 1. The standard InChI is InChI=1S/C23H29N3O3/c1-27-19-7-4-6-17(14-19)23(10-2-3-11-23)16-25-22(24)26-18-8-9-20-21(15-18)29-13-5-12-28-20/h4,6-9,14-15H,2-3,5,10-13,16H2,1H3,(H3,24,25,26). The van der Waals surface area contributed by atoms with E-state index in [2.05, 4.69) is 23.5 Å². The van der Waals surface area contributed by atoms with Gasteiger partial charge in [0.05, 0.1) is 26.9 Å². The van der Waals surface area contributed by atoms with Crippen LogP contribution >= 0.6 is 0 Å². The third-order valence-electron chi connectivity index (χ3n) is 5.81. The Morgan fingerprint density at radius 2 is 1.86 bits per heavy atom. The minimum Gasteiger partial charge on any atom is -0.497 e. The van der Waals surface area contributed by atoms with Crippen molar-refractivity contribution in [3.63, 3.8) is 0 Å². The second-order valence-corrected chi connectivity index (χ2v) is 7.76. The fraction of sp³-hybridized carbons (Fsp3) is 0.435. The number of rotatable bonds is 5. The largest absolute Gasteiger partial charge is 0.497 e. The lowest BCUT2D eigenvalue weighted by Crippen LogP contribution is -2.30. The molecule has 0 unspecified atom stereocenters. The van der Waals surface area contributed by atoms with Crippen LogP contribution in [0.15, 0.2) is 47.5 Å². The van der Waals surface area contributed by atoms with Crippen molar-refractivity contribution < 1.29 is 14.2 Å². The van der Waals surface area contributed by atoms with E-state index < -0.39 is 0 Å². The predicted molar refractivity (Wildman–Crippen MR) is 115 cm³/mol. The first kappa shape index (κ1) is 19.4. The minimum absolute atomic E-state index is 0.0194. The van der Waals surface area contributed by atoms with E-state index in [0.717, 1.165) is 42.2 Å². The van der Waals surface area contributed by atoms with Gasteiger partial charge in [-0.1, -0.05) is 25.0 Å². The van der Waals surface area contributed by atoms with E-state index >= 15 is 0 Å². The fourth-order valence-corrected chi connectivity index (χ4v) is 4.21. The molecule has 1 saturated carbocycles. The van der Waals surface area contributed by atoms with Gasteiger partial charge in [0.2, 0.25) is 0 Å². The van der Waals surface area contributed by atoms with Crippen LogP contribution in [0, 0.1) is 0 Å². The molecule has 6 nitrogen and oxygen atoms in total. The number of benzene rings is 2. The van der Waals surface area contributed by atoms with Gasteiger partial charge in [0.1, 0.15) is 5.75 Å². The quantitative estimate of drug-likeness (QED) is 0.589. The van der Waals surface area contributed by atoms with Crippen molar-refractivity contribution in [1.29, 1.82) is 0 Å². The van der Waals surface area contributed by atoms with Crippen LogP contribution < -0.4 is 25.3 Å². The summed E-state index contributed by atoms with van der Waals surface area (Å²) in [6, 6.07) is 14.1. The van der Waals surface area contributed by atoms with Gasteiger partial charge in [-0.05, 0) is 42.7 Å². The average Bonchev–Trinajstić information content (AvgIpc) is 3.12. The number of aliphatic imine (C=N–C) groups is 1. The Balaban J connectivity index is 1.49. The maximum atomic E-state index is 6.23. The Hall–Kier alpha value is -2.89. The van der Waals surface area contributed by atoms with Crippen molar-refractivity contribution in [1.82, 2.24) is 0 Å². The van der Waals surface area contributed by atoms with E-state index in [1.165, 1.54) is 18.4 Å². The molecule has 29 heavy (non-hydrogen) atoms. The van der Waals surface area contributed by atoms with Crippen molar-refractivity contribution in [2.75, 3.05) is 32.2 Å². The van der Waals surface area contributed by atoms with E-state index in [1.54, 1.807) is 7.11 Å². The van der Waals surface area contributed by atoms with Crippen LogP contribution in [0.5, 0.6) is 17.2 Å². The Labute approximate surface area is 172 Å². The summed E-state index contributed by atoms with van der Waals surface area (Å²) in [4.78, 5) is 4.71. The monoisotopic (exact) mass is 395 g/mol. The van der Waals surface area contributed by atoms with Crippen LogP contribution in [0.25, 0.3) is 0 Å². The van der Waals surface area contributed by atoms with Gasteiger partial charge in [0.15, 0.2) is 17.5 Å². The summed E-state index contributed by atoms with van der Waals surface area (Å²) in [6.45, 7) is 1.99. The zero-order chi connectivity index (χ0) is 20.1. The van der Waals surface area contributed by atoms with Gasteiger partial charge in [-0.25, -0.2) is 0 Å². The number of nitrogens with one attached hydrogen (secondary N) is 1. The highest BCUT2D eigenvalue weighted by Gasteiger charge is 2.35. The Kier molecular flexibility index (Phi) is 5.79. The molecule has 0 atom stereocenters. The van der Waals surface area contributed by atoms with Crippen molar-refractivity contribution in [3.05, 3.63) is 48.0 Å². The van der Waals surface area contributed by atoms with Crippen LogP contribution in [0.2, 0.25) is 0 Å². The summed E-state index contributed by atoms with van der Waals surface area (Å²) in [5, 5.41) is 3.20. The molecule has 6 heteroatoms. The number of hydrogen-bond donors (Lipinski definition) is 2. The Morgan fingerprint density at radius 3 is 2.66 bits per heavy atom. The zero-order valence-electron chi connectivity index (χ0n) is 16.9. The maximum Gasteiger partial charge on any atom is 0.193 e. The summed E-state index contributed by atoms with van der Waals surface area (Å²) in [6.07, 6.45) is 5.53. The first-order chi connectivity index (χ1) is 14.2. The van der Waals surface area contributed by atoms with E-state index in [0.29, 0.717) is 25.7 Å². The molecule has 0 aromatic heterocycles. The highest BCUT2D eigenvalue weighted by Crippen LogP contribution is 2.42. The third-order valence-corrected chi connectivity index (χ3v) is 5.81. The molecule has 154 valence electrons. The van der Waals surface area contributed by atoms with Gasteiger partial charge in [0.25, 0.3) is 0 Å². The molecule has 0 bridgehead atoms. The zero-order valence-corrected chi connectivity index (χ0v) is 16.9. The molecule has 2 aliphatic rings. The van der Waals surface area contributed by atoms with Crippen LogP contribution in [-0.2, 0) is 5.41 Å². The number of guanidine groups is 1. The Morgan fingerprint density at radius 1 is 1.07 bits per heavy atom. The second-order valence-electron chi connectivity index (χ2n) is 7.76. The number of methoxy groups -OCH3 is 1. The molecule has 0 saturated heterocycles. The molecule has 1 heterocycles. The second kappa shape index (κ2) is 8.64. The summed E-state index contributed by atoms with van der Waals surface area (Å²) in [5.74, 6) is 2.81. The summed E-state index contributed by atoms with van der Waals surface area (Å²) < 4.78 is 16.9. The number of anilines is 1. The molecular weight excluding hydrogens is 366 g/mol. The highest BCUT2D eigenvalue weighted by atomic mass is 16.5. The normalized spacial score (nSPS) is 18.2. The molecule has 1 aliphatic heterocycles. The van der Waals surface area contributed by atoms with Crippen LogP contribution in [0.3, 0.4) is 0 Å². The van der Waals surface area contributed by atoms with Gasteiger partial charge in [0, 0.05) is 23.6 Å². The topological polar surface area (TPSA) is 78.1 Å². The summed E-state index contributed by atoms with van der Waals surface area (Å²) in [7, 11) is 1.70. The van der Waals surface area contributed by atoms with Gasteiger partial charge < -0.3 is 25.3 Å². The molecule has 1 aliphatic carbocycles. The lowest BCUT2D eigenvalue weighted by Gasteiger charge is -2.28. The van der Waals surface area contributed by atoms with Crippen molar-refractivity contribution in [2.24, 2.45) is 10.7 Å². The first-order valence-electron chi connectivity index (χ1n) is 10.3. The number of nitrogens with zero attached hydrogens (tertiary/aromatic N) is 1. The number of hydrogen-bond acceptors (Lipinski definition) is 4. The highest BCUT2D eigenvalue weighted by molar-refractivity contribution is 5.92. The number of nitrogens with two attached hydrogens (primary N) is 1. The summed E-state index contributed by atoms with van der Waals surface area (Å²) >= 11 is 0. The van der Waals surface area contributed by atoms with Crippen molar-refractivity contribution in [2.45, 2.75) is 37.5 Å². The maximum absolute atomic E-state index is 6.23. The van der Waals surface area contributed by atoms with Gasteiger partial charge in [-0.15, -0.1) is 0 Å². The van der Waals surface area contributed by atoms with Crippen LogP contribution in [0.4, 0.5) is 5.69 Å². The number of ether oxygens (including phenoxy) is 3. The molecule has 2 aromatic carbocycles. The molecule has 0 radical (unpaired) electrons. The fourth-order valence-electron chi connectivity index (χ4n) is 4.21. The van der Waals surface area contributed by atoms with Gasteiger partial charge >= 0.3 is 0 Å². The van der Waals surface area contributed by atoms with E-state index in [-0.39, 0.29) is 5.41 Å². The van der Waals surface area contributed by atoms with Gasteiger partial charge in [-0.3, -0.25) is 4.99 Å². The van der Waals surface area contributed by atoms with Crippen LogP contribution in [-0.4, -0.2) is 32.8 Å². The van der Waals surface area contributed by atoms with E-state index in [1.807, 2.05) is 24.3 Å². The molecule has 0 amide bonds. The lowest BCUT2D eigenvalue weighted by atomic mass is 9.79. The molecule has 0 spiro atoms. The van der Waals surface area contributed by atoms with Crippen molar-refractivity contribution in [3.8, 4) is 17.2 Å².